The Kier molecular flexibility index (Phi) is 5.39. The minimum Gasteiger partial charge on any atom is -0.497 e. The van der Waals surface area contributed by atoms with Crippen LogP contribution in [0.4, 0.5) is 0 Å². The number of methoxy groups -OCH3 is 2. The van der Waals surface area contributed by atoms with Crippen molar-refractivity contribution in [2.24, 2.45) is 0 Å². The number of rotatable bonds is 5. The minimum absolute atomic E-state index is 0.0781. The summed E-state index contributed by atoms with van der Waals surface area (Å²) in [7, 11) is 3.22. The highest BCUT2D eigenvalue weighted by atomic mass is 16.5. The molecule has 0 saturated heterocycles. The van der Waals surface area contributed by atoms with E-state index in [2.05, 4.69) is 23.5 Å². The maximum absolute atomic E-state index is 12.4. The summed E-state index contributed by atoms with van der Waals surface area (Å²) in [6.07, 6.45) is 6.45. The molecule has 0 fully saturated rings. The number of aryl methyl sites for hydroxylation is 1. The average molecular weight is 337 g/mol. The van der Waals surface area contributed by atoms with Gasteiger partial charge in [0.2, 0.25) is 5.91 Å². The summed E-state index contributed by atoms with van der Waals surface area (Å²) in [5.74, 6) is 1.32. The van der Waals surface area contributed by atoms with Crippen molar-refractivity contribution in [1.82, 2.24) is 5.32 Å². The Morgan fingerprint density at radius 1 is 1.16 bits per heavy atom. The zero-order chi connectivity index (χ0) is 17.6. The van der Waals surface area contributed by atoms with Crippen LogP contribution in [0.5, 0.6) is 11.5 Å². The van der Waals surface area contributed by atoms with Crippen LogP contribution in [0.15, 0.2) is 48.5 Å². The van der Waals surface area contributed by atoms with Gasteiger partial charge in [-0.1, -0.05) is 24.3 Å². The number of ether oxygens (including phenoxy) is 2. The van der Waals surface area contributed by atoms with Crippen molar-refractivity contribution in [3.63, 3.8) is 0 Å². The fourth-order valence-corrected chi connectivity index (χ4v) is 3.26. The molecule has 0 aromatic heterocycles. The van der Waals surface area contributed by atoms with E-state index >= 15 is 0 Å². The second-order valence-electron chi connectivity index (χ2n) is 6.09. The summed E-state index contributed by atoms with van der Waals surface area (Å²) >= 11 is 0. The molecule has 2 aromatic rings. The first-order valence-corrected chi connectivity index (χ1v) is 8.49. The molecule has 25 heavy (non-hydrogen) atoms. The van der Waals surface area contributed by atoms with E-state index in [4.69, 9.17) is 9.47 Å². The molecule has 4 heteroatoms. The molecule has 1 atom stereocenters. The zero-order valence-electron chi connectivity index (χ0n) is 14.6. The molecule has 0 aliphatic heterocycles. The molecule has 1 amide bonds. The third kappa shape index (κ3) is 4.02. The van der Waals surface area contributed by atoms with Crippen LogP contribution in [-0.4, -0.2) is 20.1 Å². The molecule has 0 bridgehead atoms. The molecule has 2 aromatic carbocycles. The summed E-state index contributed by atoms with van der Waals surface area (Å²) in [4.78, 5) is 12.4. The first-order chi connectivity index (χ1) is 12.2. The Balaban J connectivity index is 1.72. The quantitative estimate of drug-likeness (QED) is 0.842. The van der Waals surface area contributed by atoms with Crippen molar-refractivity contribution in [2.75, 3.05) is 14.2 Å². The van der Waals surface area contributed by atoms with Gasteiger partial charge in [0.25, 0.3) is 0 Å². The summed E-state index contributed by atoms with van der Waals surface area (Å²) in [6.45, 7) is 0. The fourth-order valence-electron chi connectivity index (χ4n) is 3.26. The standard InChI is InChI=1S/C21H23NO3/c1-24-17-11-12-20(25-2)16(14-17)10-13-21(23)22-19-9-5-7-15-6-3-4-8-18(15)19/h3-4,6,8,10-14,19H,5,7,9H2,1-2H3,(H,22,23). The molecular formula is C21H23NO3. The van der Waals surface area contributed by atoms with Crippen LogP contribution >= 0.6 is 0 Å². The van der Waals surface area contributed by atoms with Crippen molar-refractivity contribution in [3.05, 3.63) is 65.2 Å². The van der Waals surface area contributed by atoms with Crippen LogP contribution in [0, 0.1) is 0 Å². The lowest BCUT2D eigenvalue weighted by molar-refractivity contribution is -0.117. The van der Waals surface area contributed by atoms with E-state index in [1.165, 1.54) is 11.1 Å². The maximum atomic E-state index is 12.4. The number of nitrogens with one attached hydrogen (secondary N) is 1. The van der Waals surface area contributed by atoms with Gasteiger partial charge in [0.15, 0.2) is 0 Å². The van der Waals surface area contributed by atoms with E-state index in [1.807, 2.05) is 24.3 Å². The Morgan fingerprint density at radius 2 is 2.00 bits per heavy atom. The lowest BCUT2D eigenvalue weighted by Gasteiger charge is -2.25. The van der Waals surface area contributed by atoms with Crippen molar-refractivity contribution < 1.29 is 14.3 Å². The second kappa shape index (κ2) is 7.88. The first-order valence-electron chi connectivity index (χ1n) is 8.49. The third-order valence-corrected chi connectivity index (χ3v) is 4.54. The topological polar surface area (TPSA) is 47.6 Å². The van der Waals surface area contributed by atoms with E-state index in [1.54, 1.807) is 26.4 Å². The van der Waals surface area contributed by atoms with Crippen LogP contribution < -0.4 is 14.8 Å². The van der Waals surface area contributed by atoms with Crippen LogP contribution in [-0.2, 0) is 11.2 Å². The average Bonchev–Trinajstić information content (AvgIpc) is 2.66. The molecule has 0 spiro atoms. The summed E-state index contributed by atoms with van der Waals surface area (Å²) < 4.78 is 10.6. The van der Waals surface area contributed by atoms with Gasteiger partial charge in [-0.25, -0.2) is 0 Å². The highest BCUT2D eigenvalue weighted by Crippen LogP contribution is 2.29. The summed E-state index contributed by atoms with van der Waals surface area (Å²) in [5.41, 5.74) is 3.37. The Morgan fingerprint density at radius 3 is 2.80 bits per heavy atom. The van der Waals surface area contributed by atoms with Gasteiger partial charge < -0.3 is 14.8 Å². The van der Waals surface area contributed by atoms with Crippen LogP contribution in [0.1, 0.15) is 35.6 Å². The number of hydrogen-bond acceptors (Lipinski definition) is 3. The van der Waals surface area contributed by atoms with Gasteiger partial charge in [0.1, 0.15) is 11.5 Å². The van der Waals surface area contributed by atoms with Crippen molar-refractivity contribution >= 4 is 12.0 Å². The molecule has 3 rings (SSSR count). The lowest BCUT2D eigenvalue weighted by atomic mass is 9.88. The van der Waals surface area contributed by atoms with Gasteiger partial charge in [0, 0.05) is 11.6 Å². The first kappa shape index (κ1) is 17.1. The predicted molar refractivity (Wildman–Crippen MR) is 98.8 cm³/mol. The smallest absolute Gasteiger partial charge is 0.244 e. The van der Waals surface area contributed by atoms with Crippen molar-refractivity contribution in [3.8, 4) is 11.5 Å². The zero-order valence-corrected chi connectivity index (χ0v) is 14.6. The number of amides is 1. The maximum Gasteiger partial charge on any atom is 0.244 e. The largest absolute Gasteiger partial charge is 0.497 e. The molecular weight excluding hydrogens is 314 g/mol. The molecule has 0 heterocycles. The van der Waals surface area contributed by atoms with Crippen LogP contribution in [0.3, 0.4) is 0 Å². The van der Waals surface area contributed by atoms with Gasteiger partial charge in [-0.05, 0) is 54.7 Å². The Labute approximate surface area is 148 Å². The third-order valence-electron chi connectivity index (χ3n) is 4.54. The van der Waals surface area contributed by atoms with Gasteiger partial charge in [-0.3, -0.25) is 4.79 Å². The number of carbonyl (C=O) groups excluding carboxylic acids is 1. The SMILES string of the molecule is COc1ccc(OC)c(C=CC(=O)NC2CCCc3ccccc32)c1. The molecule has 4 nitrogen and oxygen atoms in total. The van der Waals surface area contributed by atoms with Gasteiger partial charge in [-0.15, -0.1) is 0 Å². The van der Waals surface area contributed by atoms with Gasteiger partial charge >= 0.3 is 0 Å². The van der Waals surface area contributed by atoms with E-state index in [9.17, 15) is 4.79 Å². The fraction of sp³-hybridized carbons (Fsp3) is 0.286. The Bertz CT molecular complexity index is 782. The van der Waals surface area contributed by atoms with E-state index in [0.717, 1.165) is 30.6 Å². The van der Waals surface area contributed by atoms with E-state index < -0.39 is 0 Å². The summed E-state index contributed by atoms with van der Waals surface area (Å²) in [6, 6.07) is 13.9. The normalized spacial score (nSPS) is 16.3. The van der Waals surface area contributed by atoms with Crippen LogP contribution in [0.25, 0.3) is 6.08 Å². The van der Waals surface area contributed by atoms with E-state index in [0.29, 0.717) is 5.75 Å². The van der Waals surface area contributed by atoms with Crippen LogP contribution in [0.2, 0.25) is 0 Å². The number of hydrogen-bond donors (Lipinski definition) is 1. The molecule has 1 unspecified atom stereocenters. The Hall–Kier alpha value is -2.75. The lowest BCUT2D eigenvalue weighted by Crippen LogP contribution is -2.29. The minimum atomic E-state index is -0.105. The van der Waals surface area contributed by atoms with E-state index in [-0.39, 0.29) is 11.9 Å². The molecule has 130 valence electrons. The number of fused-ring (bicyclic) bond motifs is 1. The molecule has 0 saturated carbocycles. The van der Waals surface area contributed by atoms with Gasteiger partial charge in [0.05, 0.1) is 20.3 Å². The monoisotopic (exact) mass is 337 g/mol. The molecule has 1 aliphatic carbocycles. The molecule has 1 aliphatic rings. The van der Waals surface area contributed by atoms with Crippen molar-refractivity contribution in [2.45, 2.75) is 25.3 Å². The predicted octanol–water partition coefficient (Wildman–Crippen LogP) is 3.91. The highest BCUT2D eigenvalue weighted by Gasteiger charge is 2.20. The van der Waals surface area contributed by atoms with Gasteiger partial charge in [-0.2, -0.15) is 0 Å². The molecule has 0 radical (unpaired) electrons. The van der Waals surface area contributed by atoms with Crippen molar-refractivity contribution in [1.29, 1.82) is 0 Å². The number of carbonyl (C=O) groups is 1. The number of benzene rings is 2. The highest BCUT2D eigenvalue weighted by molar-refractivity contribution is 5.92. The summed E-state index contributed by atoms with van der Waals surface area (Å²) in [5, 5.41) is 3.11. The molecule has 1 N–H and O–H groups in total. The second-order valence-corrected chi connectivity index (χ2v) is 6.09.